The molecule has 0 aromatic heterocycles. The maximum absolute atomic E-state index is 10.1. The number of benzene rings is 1. The average Bonchev–Trinajstić information content (AvgIpc) is 2.33. The molecule has 90 valence electrons. The fourth-order valence-electron chi connectivity index (χ4n) is 1.92. The minimum atomic E-state index is -0.729. The van der Waals surface area contributed by atoms with Gasteiger partial charge in [0.2, 0.25) is 0 Å². The normalized spacial score (nSPS) is 24.4. The summed E-state index contributed by atoms with van der Waals surface area (Å²) in [4.78, 5) is 0. The molecule has 1 aliphatic heterocycles. The lowest BCUT2D eigenvalue weighted by atomic mass is 9.95. The number of aromatic hydroxyl groups is 1. The van der Waals surface area contributed by atoms with Gasteiger partial charge in [0, 0.05) is 5.56 Å². The Bertz CT molecular complexity index is 449. The second kappa shape index (κ2) is 5.17. The Kier molecular flexibility index (Phi) is 3.61. The van der Waals surface area contributed by atoms with Crippen LogP contribution in [0.25, 0.3) is 0 Å². The summed E-state index contributed by atoms with van der Waals surface area (Å²) in [6.45, 7) is 2.25. The van der Waals surface area contributed by atoms with Crippen LogP contribution in [0.2, 0.25) is 0 Å². The summed E-state index contributed by atoms with van der Waals surface area (Å²) in [5, 5.41) is 19.8. The van der Waals surface area contributed by atoms with E-state index in [1.165, 1.54) is 0 Å². The van der Waals surface area contributed by atoms with Crippen molar-refractivity contribution in [3.8, 4) is 5.75 Å². The number of aliphatic hydroxyl groups is 1. The van der Waals surface area contributed by atoms with E-state index in [0.29, 0.717) is 12.2 Å². The predicted molar refractivity (Wildman–Crippen MR) is 65.6 cm³/mol. The van der Waals surface area contributed by atoms with Crippen molar-refractivity contribution in [1.82, 2.24) is 0 Å². The lowest BCUT2D eigenvalue weighted by molar-refractivity contribution is -0.0371. The third kappa shape index (κ3) is 2.40. The van der Waals surface area contributed by atoms with Gasteiger partial charge in [-0.25, -0.2) is 0 Å². The summed E-state index contributed by atoms with van der Waals surface area (Å²) in [6.07, 6.45) is 6.37. The topological polar surface area (TPSA) is 49.7 Å². The second-order valence-electron chi connectivity index (χ2n) is 3.98. The fraction of sp³-hybridized carbons (Fsp3) is 0.286. The predicted octanol–water partition coefficient (Wildman–Crippen LogP) is 2.46. The van der Waals surface area contributed by atoms with Gasteiger partial charge in [-0.05, 0) is 18.6 Å². The highest BCUT2D eigenvalue weighted by Gasteiger charge is 2.28. The van der Waals surface area contributed by atoms with E-state index < -0.39 is 6.10 Å². The summed E-state index contributed by atoms with van der Waals surface area (Å²) in [5.41, 5.74) is 1.42. The number of rotatable bonds is 2. The highest BCUT2D eigenvalue weighted by atomic mass is 16.5. The SMILES string of the molecule is C/C=C/C=C/C1OCc2c(O)cccc2C1O. The molecule has 2 atom stereocenters. The number of hydrogen-bond acceptors (Lipinski definition) is 3. The molecule has 0 spiro atoms. The van der Waals surface area contributed by atoms with Crippen LogP contribution in [0.5, 0.6) is 5.75 Å². The third-order valence-corrected chi connectivity index (χ3v) is 2.84. The number of allylic oxidation sites excluding steroid dienone is 3. The van der Waals surface area contributed by atoms with Crippen molar-refractivity contribution >= 4 is 0 Å². The summed E-state index contributed by atoms with van der Waals surface area (Å²) in [5.74, 6) is 0.178. The lowest BCUT2D eigenvalue weighted by Gasteiger charge is -2.28. The first kappa shape index (κ1) is 11.9. The lowest BCUT2D eigenvalue weighted by Crippen LogP contribution is -2.26. The average molecular weight is 232 g/mol. The number of fused-ring (bicyclic) bond motifs is 1. The van der Waals surface area contributed by atoms with Gasteiger partial charge in [-0.15, -0.1) is 0 Å². The van der Waals surface area contributed by atoms with E-state index >= 15 is 0 Å². The number of ether oxygens (including phenoxy) is 1. The highest BCUT2D eigenvalue weighted by Crippen LogP contribution is 2.34. The largest absolute Gasteiger partial charge is 0.508 e. The minimum Gasteiger partial charge on any atom is -0.508 e. The van der Waals surface area contributed by atoms with E-state index in [0.717, 1.165) is 5.56 Å². The Balaban J connectivity index is 2.24. The molecule has 0 aliphatic carbocycles. The van der Waals surface area contributed by atoms with E-state index in [4.69, 9.17) is 4.74 Å². The number of hydrogen-bond donors (Lipinski definition) is 2. The highest BCUT2D eigenvalue weighted by molar-refractivity contribution is 5.42. The molecule has 3 heteroatoms. The molecule has 2 unspecified atom stereocenters. The van der Waals surface area contributed by atoms with Gasteiger partial charge >= 0.3 is 0 Å². The molecule has 0 amide bonds. The quantitative estimate of drug-likeness (QED) is 0.770. The maximum Gasteiger partial charge on any atom is 0.121 e. The zero-order valence-electron chi connectivity index (χ0n) is 9.71. The van der Waals surface area contributed by atoms with Crippen LogP contribution in [-0.4, -0.2) is 16.3 Å². The summed E-state index contributed by atoms with van der Waals surface area (Å²) in [6, 6.07) is 5.15. The molecule has 1 aliphatic rings. The summed E-state index contributed by atoms with van der Waals surface area (Å²) >= 11 is 0. The molecular weight excluding hydrogens is 216 g/mol. The molecule has 1 aromatic carbocycles. The molecular formula is C14H16O3. The smallest absolute Gasteiger partial charge is 0.121 e. The molecule has 0 fully saturated rings. The van der Waals surface area contributed by atoms with Gasteiger partial charge in [0.1, 0.15) is 18.0 Å². The van der Waals surface area contributed by atoms with Crippen molar-refractivity contribution < 1.29 is 14.9 Å². The zero-order chi connectivity index (χ0) is 12.3. The first-order valence-corrected chi connectivity index (χ1v) is 5.64. The van der Waals surface area contributed by atoms with Crippen LogP contribution < -0.4 is 0 Å². The van der Waals surface area contributed by atoms with E-state index in [1.54, 1.807) is 12.1 Å². The van der Waals surface area contributed by atoms with Gasteiger partial charge in [-0.1, -0.05) is 36.4 Å². The van der Waals surface area contributed by atoms with E-state index in [1.807, 2.05) is 37.3 Å². The Morgan fingerprint density at radius 2 is 2.18 bits per heavy atom. The fourth-order valence-corrected chi connectivity index (χ4v) is 1.92. The Morgan fingerprint density at radius 1 is 1.35 bits per heavy atom. The van der Waals surface area contributed by atoms with Gasteiger partial charge in [-0.3, -0.25) is 0 Å². The minimum absolute atomic E-state index is 0.178. The number of phenols is 1. The van der Waals surface area contributed by atoms with Crippen LogP contribution in [0.3, 0.4) is 0 Å². The van der Waals surface area contributed by atoms with E-state index in [-0.39, 0.29) is 11.9 Å². The van der Waals surface area contributed by atoms with Crippen molar-refractivity contribution in [3.63, 3.8) is 0 Å². The molecule has 1 aromatic rings. The van der Waals surface area contributed by atoms with Gasteiger partial charge in [-0.2, -0.15) is 0 Å². The molecule has 0 saturated heterocycles. The summed E-state index contributed by atoms with van der Waals surface area (Å²) < 4.78 is 5.51. The van der Waals surface area contributed by atoms with Crippen molar-refractivity contribution in [3.05, 3.63) is 53.6 Å². The van der Waals surface area contributed by atoms with E-state index in [2.05, 4.69) is 0 Å². The summed E-state index contributed by atoms with van der Waals surface area (Å²) in [7, 11) is 0. The molecule has 2 N–H and O–H groups in total. The number of phenolic OH excluding ortho intramolecular Hbond substituents is 1. The molecule has 2 rings (SSSR count). The monoisotopic (exact) mass is 232 g/mol. The number of aliphatic hydroxyl groups excluding tert-OH is 1. The molecule has 0 radical (unpaired) electrons. The van der Waals surface area contributed by atoms with Crippen LogP contribution in [0.1, 0.15) is 24.2 Å². The zero-order valence-corrected chi connectivity index (χ0v) is 9.71. The van der Waals surface area contributed by atoms with E-state index in [9.17, 15) is 10.2 Å². The molecule has 17 heavy (non-hydrogen) atoms. The third-order valence-electron chi connectivity index (χ3n) is 2.84. The van der Waals surface area contributed by atoms with Crippen LogP contribution >= 0.6 is 0 Å². The first-order chi connectivity index (χ1) is 8.24. The van der Waals surface area contributed by atoms with Gasteiger partial charge in [0.05, 0.1) is 6.61 Å². The Hall–Kier alpha value is -1.58. The first-order valence-electron chi connectivity index (χ1n) is 5.64. The molecule has 0 bridgehead atoms. The van der Waals surface area contributed by atoms with Crippen molar-refractivity contribution in [2.75, 3.05) is 0 Å². The van der Waals surface area contributed by atoms with Gasteiger partial charge in [0.15, 0.2) is 0 Å². The standard InChI is InChI=1S/C14H16O3/c1-2-3-4-8-13-14(16)10-6-5-7-12(15)11(10)9-17-13/h2-8,13-16H,9H2,1H3/b3-2+,8-4+. The molecule has 1 heterocycles. The van der Waals surface area contributed by atoms with Crippen molar-refractivity contribution in [2.24, 2.45) is 0 Å². The maximum atomic E-state index is 10.1. The van der Waals surface area contributed by atoms with Gasteiger partial charge in [0.25, 0.3) is 0 Å². The van der Waals surface area contributed by atoms with Gasteiger partial charge < -0.3 is 14.9 Å². The van der Waals surface area contributed by atoms with Crippen LogP contribution in [0.15, 0.2) is 42.5 Å². The molecule has 0 saturated carbocycles. The Labute approximate surface area is 101 Å². The van der Waals surface area contributed by atoms with Crippen LogP contribution in [0.4, 0.5) is 0 Å². The van der Waals surface area contributed by atoms with Crippen LogP contribution in [-0.2, 0) is 11.3 Å². The second-order valence-corrected chi connectivity index (χ2v) is 3.98. The Morgan fingerprint density at radius 3 is 2.94 bits per heavy atom. The van der Waals surface area contributed by atoms with Crippen molar-refractivity contribution in [1.29, 1.82) is 0 Å². The molecule has 3 nitrogen and oxygen atoms in total. The van der Waals surface area contributed by atoms with Crippen molar-refractivity contribution in [2.45, 2.75) is 25.7 Å². The van der Waals surface area contributed by atoms with Crippen LogP contribution in [0, 0.1) is 0 Å².